The fourth-order valence-electron chi connectivity index (χ4n) is 2.30. The molecular formula is C14H28N2O2. The molecule has 1 aliphatic heterocycles. The van der Waals surface area contributed by atoms with E-state index in [1.54, 1.807) is 0 Å². The second-order valence-corrected chi connectivity index (χ2v) is 5.45. The zero-order chi connectivity index (χ0) is 13.4. The first-order valence-corrected chi connectivity index (χ1v) is 7.21. The number of ether oxygens (including phenoxy) is 1. The van der Waals surface area contributed by atoms with Gasteiger partial charge in [0.2, 0.25) is 5.91 Å². The van der Waals surface area contributed by atoms with E-state index in [1.807, 2.05) is 6.92 Å². The lowest BCUT2D eigenvalue weighted by atomic mass is 10.0. The molecule has 1 saturated heterocycles. The van der Waals surface area contributed by atoms with Gasteiger partial charge in [-0.2, -0.15) is 0 Å². The third kappa shape index (κ3) is 5.83. The number of rotatable bonds is 7. The second-order valence-electron chi connectivity index (χ2n) is 5.45. The minimum atomic E-state index is 0.144. The van der Waals surface area contributed by atoms with Crippen LogP contribution in [0.5, 0.6) is 0 Å². The number of carbonyl (C=O) groups excluding carboxylic acids is 1. The maximum atomic E-state index is 11.8. The maximum Gasteiger partial charge on any atom is 0.222 e. The van der Waals surface area contributed by atoms with Gasteiger partial charge in [-0.15, -0.1) is 0 Å². The SMILES string of the molecule is CCCC(C)C(=O)NCC(C)CN1CCOCC1. The number of hydrogen-bond donors (Lipinski definition) is 1. The molecule has 0 aromatic heterocycles. The van der Waals surface area contributed by atoms with Gasteiger partial charge in [0, 0.05) is 32.1 Å². The van der Waals surface area contributed by atoms with Gasteiger partial charge in [-0.25, -0.2) is 0 Å². The summed E-state index contributed by atoms with van der Waals surface area (Å²) in [5.74, 6) is 0.845. The predicted molar refractivity (Wildman–Crippen MR) is 73.5 cm³/mol. The van der Waals surface area contributed by atoms with Crippen molar-refractivity contribution < 1.29 is 9.53 Å². The van der Waals surface area contributed by atoms with Crippen molar-refractivity contribution in [1.82, 2.24) is 10.2 Å². The molecule has 0 bridgehead atoms. The summed E-state index contributed by atoms with van der Waals surface area (Å²) < 4.78 is 5.33. The largest absolute Gasteiger partial charge is 0.379 e. The molecule has 2 atom stereocenters. The molecule has 0 radical (unpaired) electrons. The van der Waals surface area contributed by atoms with E-state index in [1.165, 1.54) is 0 Å². The lowest BCUT2D eigenvalue weighted by Gasteiger charge is -2.29. The number of amides is 1. The molecule has 1 N–H and O–H groups in total. The third-order valence-electron chi connectivity index (χ3n) is 3.47. The first kappa shape index (κ1) is 15.4. The molecule has 0 aliphatic carbocycles. The van der Waals surface area contributed by atoms with E-state index in [0.717, 1.165) is 52.2 Å². The molecule has 1 aliphatic rings. The molecule has 106 valence electrons. The summed E-state index contributed by atoms with van der Waals surface area (Å²) in [6, 6.07) is 0. The molecule has 0 aromatic rings. The van der Waals surface area contributed by atoms with Gasteiger partial charge in [-0.1, -0.05) is 27.2 Å². The van der Waals surface area contributed by atoms with Gasteiger partial charge in [0.05, 0.1) is 13.2 Å². The summed E-state index contributed by atoms with van der Waals surface area (Å²) in [6.07, 6.45) is 2.04. The Morgan fingerprint density at radius 1 is 1.33 bits per heavy atom. The lowest BCUT2D eigenvalue weighted by Crippen LogP contribution is -2.42. The van der Waals surface area contributed by atoms with Crippen LogP contribution in [0.15, 0.2) is 0 Å². The highest BCUT2D eigenvalue weighted by Gasteiger charge is 2.16. The summed E-state index contributed by atoms with van der Waals surface area (Å²) in [7, 11) is 0. The molecular weight excluding hydrogens is 228 g/mol. The Bertz CT molecular complexity index is 240. The Labute approximate surface area is 111 Å². The molecule has 0 aromatic carbocycles. The normalized spacial score (nSPS) is 20.4. The minimum absolute atomic E-state index is 0.144. The Morgan fingerprint density at radius 2 is 2.00 bits per heavy atom. The zero-order valence-electron chi connectivity index (χ0n) is 12.1. The zero-order valence-corrected chi connectivity index (χ0v) is 12.1. The Balaban J connectivity index is 2.15. The van der Waals surface area contributed by atoms with E-state index in [4.69, 9.17) is 4.74 Å². The van der Waals surface area contributed by atoms with Crippen molar-refractivity contribution in [1.29, 1.82) is 0 Å². The van der Waals surface area contributed by atoms with Crippen molar-refractivity contribution >= 4 is 5.91 Å². The molecule has 18 heavy (non-hydrogen) atoms. The van der Waals surface area contributed by atoms with Crippen LogP contribution in [0.3, 0.4) is 0 Å². The highest BCUT2D eigenvalue weighted by Crippen LogP contribution is 2.06. The molecule has 2 unspecified atom stereocenters. The van der Waals surface area contributed by atoms with Gasteiger partial charge < -0.3 is 10.1 Å². The first-order valence-electron chi connectivity index (χ1n) is 7.21. The van der Waals surface area contributed by atoms with E-state index < -0.39 is 0 Å². The van der Waals surface area contributed by atoms with Gasteiger partial charge in [-0.3, -0.25) is 9.69 Å². The van der Waals surface area contributed by atoms with Crippen LogP contribution in [0, 0.1) is 11.8 Å². The number of nitrogens with zero attached hydrogens (tertiary/aromatic N) is 1. The third-order valence-corrected chi connectivity index (χ3v) is 3.47. The molecule has 4 heteroatoms. The van der Waals surface area contributed by atoms with Crippen LogP contribution >= 0.6 is 0 Å². The maximum absolute atomic E-state index is 11.8. The summed E-state index contributed by atoms with van der Waals surface area (Å²) in [5.41, 5.74) is 0. The van der Waals surface area contributed by atoms with Crippen molar-refractivity contribution in [3.05, 3.63) is 0 Å². The van der Waals surface area contributed by atoms with Gasteiger partial charge in [0.1, 0.15) is 0 Å². The van der Waals surface area contributed by atoms with Crippen LogP contribution < -0.4 is 5.32 Å². The quantitative estimate of drug-likeness (QED) is 0.750. The summed E-state index contributed by atoms with van der Waals surface area (Å²) in [4.78, 5) is 14.2. The molecule has 1 rings (SSSR count). The molecule has 0 saturated carbocycles. The number of nitrogens with one attached hydrogen (secondary N) is 1. The van der Waals surface area contributed by atoms with Crippen LogP contribution in [0.25, 0.3) is 0 Å². The van der Waals surface area contributed by atoms with Gasteiger partial charge in [0.15, 0.2) is 0 Å². The Morgan fingerprint density at radius 3 is 2.61 bits per heavy atom. The van der Waals surface area contributed by atoms with Crippen molar-refractivity contribution in [3.63, 3.8) is 0 Å². The molecule has 1 amide bonds. The van der Waals surface area contributed by atoms with Gasteiger partial charge in [0.25, 0.3) is 0 Å². The minimum Gasteiger partial charge on any atom is -0.379 e. The second kappa shape index (κ2) is 8.48. The van der Waals surface area contributed by atoms with Gasteiger partial charge in [-0.05, 0) is 12.3 Å². The average Bonchev–Trinajstić information content (AvgIpc) is 2.37. The first-order chi connectivity index (χ1) is 8.63. The molecule has 0 spiro atoms. The number of hydrogen-bond acceptors (Lipinski definition) is 3. The van der Waals surface area contributed by atoms with Crippen LogP contribution in [0.2, 0.25) is 0 Å². The van der Waals surface area contributed by atoms with E-state index in [-0.39, 0.29) is 11.8 Å². The Hall–Kier alpha value is -0.610. The molecule has 1 fully saturated rings. The molecule has 1 heterocycles. The van der Waals surface area contributed by atoms with Crippen LogP contribution in [-0.4, -0.2) is 50.2 Å². The van der Waals surface area contributed by atoms with Crippen LogP contribution in [0.4, 0.5) is 0 Å². The topological polar surface area (TPSA) is 41.6 Å². The fraction of sp³-hybridized carbons (Fsp3) is 0.929. The highest BCUT2D eigenvalue weighted by molar-refractivity contribution is 5.78. The lowest BCUT2D eigenvalue weighted by molar-refractivity contribution is -0.124. The van der Waals surface area contributed by atoms with Crippen molar-refractivity contribution in [2.45, 2.75) is 33.6 Å². The predicted octanol–water partition coefficient (Wildman–Crippen LogP) is 1.51. The number of morpholine rings is 1. The van der Waals surface area contributed by atoms with E-state index in [9.17, 15) is 4.79 Å². The fourth-order valence-corrected chi connectivity index (χ4v) is 2.30. The highest BCUT2D eigenvalue weighted by atomic mass is 16.5. The smallest absolute Gasteiger partial charge is 0.222 e. The van der Waals surface area contributed by atoms with E-state index >= 15 is 0 Å². The van der Waals surface area contributed by atoms with Crippen molar-refractivity contribution in [3.8, 4) is 0 Å². The van der Waals surface area contributed by atoms with Gasteiger partial charge >= 0.3 is 0 Å². The number of carbonyl (C=O) groups is 1. The Kier molecular flexibility index (Phi) is 7.28. The van der Waals surface area contributed by atoms with Crippen LogP contribution in [0.1, 0.15) is 33.6 Å². The van der Waals surface area contributed by atoms with Crippen molar-refractivity contribution in [2.75, 3.05) is 39.4 Å². The summed E-state index contributed by atoms with van der Waals surface area (Å²) >= 11 is 0. The summed E-state index contributed by atoms with van der Waals surface area (Å²) in [5, 5.41) is 3.06. The van der Waals surface area contributed by atoms with Crippen LogP contribution in [-0.2, 0) is 9.53 Å². The van der Waals surface area contributed by atoms with E-state index in [2.05, 4.69) is 24.1 Å². The average molecular weight is 256 g/mol. The summed E-state index contributed by atoms with van der Waals surface area (Å²) in [6.45, 7) is 11.9. The monoisotopic (exact) mass is 256 g/mol. The van der Waals surface area contributed by atoms with E-state index in [0.29, 0.717) is 5.92 Å². The molecule has 4 nitrogen and oxygen atoms in total. The van der Waals surface area contributed by atoms with Crippen molar-refractivity contribution in [2.24, 2.45) is 11.8 Å². The standard InChI is InChI=1S/C14H28N2O2/c1-4-5-13(3)14(17)15-10-12(2)11-16-6-8-18-9-7-16/h12-13H,4-11H2,1-3H3,(H,15,17).